The minimum Gasteiger partial charge on any atom is -0.396 e. The fourth-order valence-electron chi connectivity index (χ4n) is 2.29. The highest BCUT2D eigenvalue weighted by Crippen LogP contribution is 2.30. The second kappa shape index (κ2) is 5.52. The predicted molar refractivity (Wildman–Crippen MR) is 66.9 cm³/mol. The number of carbonyl (C=O) groups is 1. The highest BCUT2D eigenvalue weighted by atomic mass is 35.5. The first-order chi connectivity index (χ1) is 8.22. The van der Waals surface area contributed by atoms with E-state index in [9.17, 15) is 4.79 Å². The van der Waals surface area contributed by atoms with Gasteiger partial charge in [-0.15, -0.1) is 11.6 Å². The van der Waals surface area contributed by atoms with E-state index >= 15 is 0 Å². The molecule has 4 heteroatoms. The van der Waals surface area contributed by atoms with Crippen molar-refractivity contribution in [2.75, 3.05) is 13.2 Å². The Morgan fingerprint density at radius 3 is 2.65 bits per heavy atom. The maximum atomic E-state index is 11.8. The van der Waals surface area contributed by atoms with Gasteiger partial charge < -0.3 is 10.0 Å². The van der Waals surface area contributed by atoms with Gasteiger partial charge in [0.1, 0.15) is 0 Å². The summed E-state index contributed by atoms with van der Waals surface area (Å²) in [5.41, 5.74) is 1.06. The monoisotopic (exact) mass is 253 g/mol. The highest BCUT2D eigenvalue weighted by Gasteiger charge is 2.33. The fourth-order valence-corrected chi connectivity index (χ4v) is 2.57. The molecule has 2 rings (SSSR count). The summed E-state index contributed by atoms with van der Waals surface area (Å²) in [7, 11) is 0. The van der Waals surface area contributed by atoms with E-state index in [0.29, 0.717) is 19.4 Å². The normalized spacial score (nSPS) is 21.9. The molecule has 0 aliphatic carbocycles. The summed E-state index contributed by atoms with van der Waals surface area (Å²) in [6.07, 6.45) is 0.954. The molecule has 2 unspecified atom stereocenters. The molecule has 1 N–H and O–H groups in total. The molecule has 1 aliphatic heterocycles. The molecule has 1 heterocycles. The number of carbonyl (C=O) groups excluding carboxylic acids is 1. The highest BCUT2D eigenvalue weighted by molar-refractivity contribution is 6.22. The third-order valence-electron chi connectivity index (χ3n) is 3.07. The van der Waals surface area contributed by atoms with Gasteiger partial charge in [-0.2, -0.15) is 0 Å². The van der Waals surface area contributed by atoms with E-state index in [1.807, 2.05) is 30.3 Å². The number of aliphatic hydroxyl groups is 1. The fraction of sp³-hybridized carbons (Fsp3) is 0.462. The molecule has 1 saturated heterocycles. The van der Waals surface area contributed by atoms with Crippen molar-refractivity contribution in [2.45, 2.75) is 24.3 Å². The summed E-state index contributed by atoms with van der Waals surface area (Å²) in [6.45, 7) is 0.635. The molecule has 0 aromatic heterocycles. The minimum absolute atomic E-state index is 0.0579. The molecular weight excluding hydrogens is 238 g/mol. The zero-order chi connectivity index (χ0) is 12.3. The summed E-state index contributed by atoms with van der Waals surface area (Å²) >= 11 is 6.01. The van der Waals surface area contributed by atoms with Crippen LogP contribution in [0.2, 0.25) is 0 Å². The van der Waals surface area contributed by atoms with Crippen LogP contribution in [0, 0.1) is 0 Å². The first kappa shape index (κ1) is 12.4. The Kier molecular flexibility index (Phi) is 4.02. The lowest BCUT2D eigenvalue weighted by atomic mass is 10.0. The maximum absolute atomic E-state index is 11.8. The van der Waals surface area contributed by atoms with Gasteiger partial charge in [-0.3, -0.25) is 4.79 Å². The number of nitrogens with zero attached hydrogens (tertiary/aromatic N) is 1. The van der Waals surface area contributed by atoms with E-state index in [0.717, 1.165) is 5.56 Å². The quantitative estimate of drug-likeness (QED) is 0.834. The van der Waals surface area contributed by atoms with Crippen molar-refractivity contribution in [2.24, 2.45) is 0 Å². The van der Waals surface area contributed by atoms with Crippen LogP contribution in [0.15, 0.2) is 30.3 Å². The number of halogens is 1. The van der Waals surface area contributed by atoms with Crippen LogP contribution in [0.3, 0.4) is 0 Å². The lowest BCUT2D eigenvalue weighted by molar-refractivity contribution is -0.130. The molecule has 1 aromatic rings. The Hall–Kier alpha value is -1.06. The number of rotatable bonds is 4. The molecule has 92 valence electrons. The molecule has 0 radical (unpaired) electrons. The number of aliphatic hydroxyl groups excluding tert-OH is 1. The number of alkyl halides is 1. The molecular formula is C13H16ClNO2. The number of amides is 1. The van der Waals surface area contributed by atoms with Gasteiger partial charge in [0.2, 0.25) is 5.91 Å². The van der Waals surface area contributed by atoms with Gasteiger partial charge >= 0.3 is 0 Å². The van der Waals surface area contributed by atoms with Crippen molar-refractivity contribution < 1.29 is 9.90 Å². The molecule has 1 amide bonds. The number of likely N-dealkylation sites (tertiary alicyclic amines) is 1. The van der Waals surface area contributed by atoms with Crippen molar-refractivity contribution in [3.05, 3.63) is 35.9 Å². The first-order valence-corrected chi connectivity index (χ1v) is 6.25. The molecule has 0 saturated carbocycles. The van der Waals surface area contributed by atoms with Crippen molar-refractivity contribution >= 4 is 17.5 Å². The van der Waals surface area contributed by atoms with Crippen molar-refractivity contribution in [1.29, 1.82) is 0 Å². The molecule has 3 nitrogen and oxygen atoms in total. The van der Waals surface area contributed by atoms with Crippen LogP contribution in [0.4, 0.5) is 0 Å². The van der Waals surface area contributed by atoms with Crippen LogP contribution in [0.5, 0.6) is 0 Å². The molecule has 1 fully saturated rings. The van der Waals surface area contributed by atoms with Gasteiger partial charge in [0.05, 0.1) is 11.4 Å². The smallest absolute Gasteiger partial charge is 0.224 e. The maximum Gasteiger partial charge on any atom is 0.224 e. The number of hydrogen-bond acceptors (Lipinski definition) is 2. The van der Waals surface area contributed by atoms with Gasteiger partial charge in [-0.25, -0.2) is 0 Å². The first-order valence-electron chi connectivity index (χ1n) is 5.81. The van der Waals surface area contributed by atoms with E-state index in [2.05, 4.69) is 0 Å². The van der Waals surface area contributed by atoms with E-state index in [4.69, 9.17) is 16.7 Å². The van der Waals surface area contributed by atoms with Gasteiger partial charge in [0.15, 0.2) is 0 Å². The van der Waals surface area contributed by atoms with Gasteiger partial charge in [0, 0.05) is 19.6 Å². The number of benzene rings is 1. The minimum atomic E-state index is -0.104. The summed E-state index contributed by atoms with van der Waals surface area (Å²) in [4.78, 5) is 13.6. The third-order valence-corrected chi connectivity index (χ3v) is 3.37. The molecule has 1 aliphatic rings. The predicted octanol–water partition coefficient (Wildman–Crippen LogP) is 1.95. The Morgan fingerprint density at radius 1 is 1.41 bits per heavy atom. The van der Waals surface area contributed by atoms with Gasteiger partial charge in [-0.1, -0.05) is 30.3 Å². The van der Waals surface area contributed by atoms with E-state index in [1.165, 1.54) is 0 Å². The van der Waals surface area contributed by atoms with Crippen LogP contribution in [-0.2, 0) is 4.79 Å². The molecule has 17 heavy (non-hydrogen) atoms. The second-order valence-electron chi connectivity index (χ2n) is 4.29. The van der Waals surface area contributed by atoms with Crippen LogP contribution < -0.4 is 0 Å². The van der Waals surface area contributed by atoms with Crippen molar-refractivity contribution in [1.82, 2.24) is 4.90 Å². The summed E-state index contributed by atoms with van der Waals surface area (Å²) < 4.78 is 0. The van der Waals surface area contributed by atoms with Crippen LogP contribution in [0.1, 0.15) is 24.4 Å². The van der Waals surface area contributed by atoms with Crippen LogP contribution in [0.25, 0.3) is 0 Å². The van der Waals surface area contributed by atoms with E-state index < -0.39 is 0 Å². The summed E-state index contributed by atoms with van der Waals surface area (Å²) in [5.74, 6) is 0.0762. The zero-order valence-electron chi connectivity index (χ0n) is 9.55. The van der Waals surface area contributed by atoms with Gasteiger partial charge in [0.25, 0.3) is 0 Å². The van der Waals surface area contributed by atoms with Crippen LogP contribution in [-0.4, -0.2) is 34.4 Å². The van der Waals surface area contributed by atoms with Gasteiger partial charge in [-0.05, 0) is 12.0 Å². The molecule has 0 bridgehead atoms. The molecule has 2 atom stereocenters. The number of hydrogen-bond donors (Lipinski definition) is 1. The standard InChI is InChI=1S/C13H16ClNO2/c14-11-8-13(17)15(9-11)12(6-7-16)10-4-2-1-3-5-10/h1-5,11-12,16H,6-9H2. The SMILES string of the molecule is O=C1CC(Cl)CN1C(CCO)c1ccccc1. The Bertz CT molecular complexity index is 382. The topological polar surface area (TPSA) is 40.5 Å². The lowest BCUT2D eigenvalue weighted by Gasteiger charge is -2.27. The Labute approximate surface area is 106 Å². The zero-order valence-corrected chi connectivity index (χ0v) is 10.3. The van der Waals surface area contributed by atoms with E-state index in [1.54, 1.807) is 4.90 Å². The second-order valence-corrected chi connectivity index (χ2v) is 4.90. The third kappa shape index (κ3) is 2.79. The largest absolute Gasteiger partial charge is 0.396 e. The van der Waals surface area contributed by atoms with Crippen molar-refractivity contribution in [3.8, 4) is 0 Å². The molecule has 1 aromatic carbocycles. The molecule has 0 spiro atoms. The van der Waals surface area contributed by atoms with E-state index in [-0.39, 0.29) is 23.9 Å². The summed E-state index contributed by atoms with van der Waals surface area (Å²) in [6, 6.07) is 9.73. The Balaban J connectivity index is 2.21. The lowest BCUT2D eigenvalue weighted by Crippen LogP contribution is -2.31. The summed E-state index contributed by atoms with van der Waals surface area (Å²) in [5, 5.41) is 9.04. The average molecular weight is 254 g/mol. The average Bonchev–Trinajstić information content (AvgIpc) is 2.66. The van der Waals surface area contributed by atoms with Crippen LogP contribution >= 0.6 is 11.6 Å². The van der Waals surface area contributed by atoms with Crippen molar-refractivity contribution in [3.63, 3.8) is 0 Å². The Morgan fingerprint density at radius 2 is 2.12 bits per heavy atom.